The molecule has 1 aliphatic carbocycles. The number of aromatic nitrogens is 2. The van der Waals surface area contributed by atoms with Crippen molar-refractivity contribution in [3.63, 3.8) is 0 Å². The maximum Gasteiger partial charge on any atom is 0.134 e. The van der Waals surface area contributed by atoms with Gasteiger partial charge in [-0.25, -0.2) is 9.97 Å². The van der Waals surface area contributed by atoms with E-state index in [1.165, 1.54) is 23.4 Å². The van der Waals surface area contributed by atoms with Gasteiger partial charge >= 0.3 is 0 Å². The second-order valence-electron chi connectivity index (χ2n) is 7.55. The van der Waals surface area contributed by atoms with Crippen LogP contribution < -0.4 is 0 Å². The van der Waals surface area contributed by atoms with Crippen molar-refractivity contribution in [3.05, 3.63) is 22.8 Å². The highest BCUT2D eigenvalue weighted by molar-refractivity contribution is 5.38. The van der Waals surface area contributed by atoms with Gasteiger partial charge in [-0.1, -0.05) is 48.5 Å². The van der Waals surface area contributed by atoms with E-state index >= 15 is 0 Å². The van der Waals surface area contributed by atoms with Crippen LogP contribution in [0.2, 0.25) is 0 Å². The van der Waals surface area contributed by atoms with Crippen molar-refractivity contribution in [1.82, 2.24) is 9.97 Å². The molecule has 0 saturated carbocycles. The molecule has 0 fully saturated rings. The second kappa shape index (κ2) is 4.04. The molecule has 0 saturated heterocycles. The quantitative estimate of drug-likeness (QED) is 0.745. The summed E-state index contributed by atoms with van der Waals surface area (Å²) in [6.45, 7) is 15.7. The molecule has 2 heteroatoms. The summed E-state index contributed by atoms with van der Waals surface area (Å²) in [6, 6.07) is 0. The number of hydrogen-bond acceptors (Lipinski definition) is 2. The SMILES string of the molecule is CC(C)c1nc(C(C)(C)C)nc2c1CCC2(C)C. The fourth-order valence-electron chi connectivity index (χ4n) is 2.68. The van der Waals surface area contributed by atoms with Gasteiger partial charge in [-0.05, 0) is 24.3 Å². The fraction of sp³-hybridized carbons (Fsp3) is 0.750. The Morgan fingerprint density at radius 1 is 1.11 bits per heavy atom. The third kappa shape index (κ3) is 2.17. The summed E-state index contributed by atoms with van der Waals surface area (Å²) in [4.78, 5) is 9.78. The lowest BCUT2D eigenvalue weighted by Crippen LogP contribution is -2.23. The lowest BCUT2D eigenvalue weighted by Gasteiger charge is -2.24. The molecule has 1 aromatic rings. The highest BCUT2D eigenvalue weighted by atomic mass is 14.9. The van der Waals surface area contributed by atoms with Crippen LogP contribution in [0.5, 0.6) is 0 Å². The Kier molecular flexibility index (Phi) is 3.03. The van der Waals surface area contributed by atoms with Crippen molar-refractivity contribution in [2.75, 3.05) is 0 Å². The maximum absolute atomic E-state index is 4.91. The van der Waals surface area contributed by atoms with Crippen molar-refractivity contribution < 1.29 is 0 Å². The van der Waals surface area contributed by atoms with Gasteiger partial charge in [-0.15, -0.1) is 0 Å². The molecule has 1 heterocycles. The second-order valence-corrected chi connectivity index (χ2v) is 7.55. The van der Waals surface area contributed by atoms with Crippen LogP contribution >= 0.6 is 0 Å². The van der Waals surface area contributed by atoms with E-state index in [1.54, 1.807) is 0 Å². The van der Waals surface area contributed by atoms with Gasteiger partial charge in [0.25, 0.3) is 0 Å². The molecule has 0 aromatic carbocycles. The zero-order chi connectivity index (χ0) is 13.7. The summed E-state index contributed by atoms with van der Waals surface area (Å²) in [5.41, 5.74) is 4.23. The molecule has 0 bridgehead atoms. The standard InChI is InChI=1S/C16H26N2/c1-10(2)12-11-8-9-16(6,7)13(11)18-14(17-12)15(3,4)5/h10H,8-9H2,1-7H3. The number of fused-ring (bicyclic) bond motifs is 1. The van der Waals surface area contributed by atoms with Crippen LogP contribution in [0.4, 0.5) is 0 Å². The summed E-state index contributed by atoms with van der Waals surface area (Å²) in [5.74, 6) is 1.48. The number of nitrogens with zero attached hydrogens (tertiary/aromatic N) is 2. The zero-order valence-electron chi connectivity index (χ0n) is 12.9. The third-order valence-corrected chi connectivity index (χ3v) is 3.90. The highest BCUT2D eigenvalue weighted by Crippen LogP contribution is 2.40. The predicted molar refractivity (Wildman–Crippen MR) is 76.2 cm³/mol. The molecule has 0 atom stereocenters. The van der Waals surface area contributed by atoms with Crippen LogP contribution in [0.3, 0.4) is 0 Å². The molecule has 1 aliphatic rings. The third-order valence-electron chi connectivity index (χ3n) is 3.90. The van der Waals surface area contributed by atoms with Crippen molar-refractivity contribution in [3.8, 4) is 0 Å². The van der Waals surface area contributed by atoms with Gasteiger partial charge < -0.3 is 0 Å². The first-order chi connectivity index (χ1) is 8.13. The lowest BCUT2D eigenvalue weighted by atomic mass is 9.88. The van der Waals surface area contributed by atoms with E-state index in [1.807, 2.05) is 0 Å². The minimum Gasteiger partial charge on any atom is -0.237 e. The zero-order valence-corrected chi connectivity index (χ0v) is 12.9. The first-order valence-corrected chi connectivity index (χ1v) is 7.04. The van der Waals surface area contributed by atoms with Crippen LogP contribution in [0.15, 0.2) is 0 Å². The van der Waals surface area contributed by atoms with Crippen molar-refractivity contribution >= 4 is 0 Å². The Balaban J connectivity index is 2.67. The largest absolute Gasteiger partial charge is 0.237 e. The first-order valence-electron chi connectivity index (χ1n) is 7.04. The van der Waals surface area contributed by atoms with E-state index in [2.05, 4.69) is 48.5 Å². The van der Waals surface area contributed by atoms with Crippen LogP contribution in [-0.4, -0.2) is 9.97 Å². The maximum atomic E-state index is 4.91. The Hall–Kier alpha value is -0.920. The van der Waals surface area contributed by atoms with Gasteiger partial charge in [0.1, 0.15) is 5.82 Å². The van der Waals surface area contributed by atoms with Gasteiger partial charge in [0, 0.05) is 10.8 Å². The van der Waals surface area contributed by atoms with E-state index in [0.29, 0.717) is 5.92 Å². The Bertz CT molecular complexity index is 465. The molecule has 0 unspecified atom stereocenters. The predicted octanol–water partition coefficient (Wildman–Crippen LogP) is 4.12. The smallest absolute Gasteiger partial charge is 0.134 e. The molecule has 1 aromatic heterocycles. The van der Waals surface area contributed by atoms with Gasteiger partial charge in [-0.2, -0.15) is 0 Å². The van der Waals surface area contributed by atoms with Crippen molar-refractivity contribution in [1.29, 1.82) is 0 Å². The topological polar surface area (TPSA) is 25.8 Å². The summed E-state index contributed by atoms with van der Waals surface area (Å²) >= 11 is 0. The molecule has 100 valence electrons. The fourth-order valence-corrected chi connectivity index (χ4v) is 2.68. The Labute approximate surface area is 111 Å². The molecule has 18 heavy (non-hydrogen) atoms. The molecular formula is C16H26N2. The molecule has 2 rings (SSSR count). The lowest BCUT2D eigenvalue weighted by molar-refractivity contribution is 0.489. The summed E-state index contributed by atoms with van der Waals surface area (Å²) in [5, 5.41) is 0. The highest BCUT2D eigenvalue weighted by Gasteiger charge is 2.36. The minimum absolute atomic E-state index is 0.0251. The van der Waals surface area contributed by atoms with E-state index in [9.17, 15) is 0 Å². The van der Waals surface area contributed by atoms with Gasteiger partial charge in [0.2, 0.25) is 0 Å². The number of rotatable bonds is 1. The average molecular weight is 246 g/mol. The molecule has 2 nitrogen and oxygen atoms in total. The Morgan fingerprint density at radius 2 is 1.72 bits per heavy atom. The van der Waals surface area contributed by atoms with Gasteiger partial charge in [-0.3, -0.25) is 0 Å². The van der Waals surface area contributed by atoms with Crippen molar-refractivity contribution in [2.24, 2.45) is 0 Å². The summed E-state index contributed by atoms with van der Waals surface area (Å²) < 4.78 is 0. The Morgan fingerprint density at radius 3 is 2.22 bits per heavy atom. The molecule has 0 amide bonds. The van der Waals surface area contributed by atoms with E-state index < -0.39 is 0 Å². The van der Waals surface area contributed by atoms with Crippen LogP contribution in [0, 0.1) is 0 Å². The summed E-state index contributed by atoms with van der Waals surface area (Å²) in [7, 11) is 0. The average Bonchev–Trinajstić information content (AvgIpc) is 2.52. The molecule has 0 spiro atoms. The monoisotopic (exact) mass is 246 g/mol. The number of hydrogen-bond donors (Lipinski definition) is 0. The van der Waals surface area contributed by atoms with Crippen molar-refractivity contribution in [2.45, 2.75) is 78.1 Å². The minimum atomic E-state index is 0.0251. The summed E-state index contributed by atoms with van der Waals surface area (Å²) in [6.07, 6.45) is 2.34. The molecule has 0 aliphatic heterocycles. The first kappa shape index (κ1) is 13.5. The normalized spacial score (nSPS) is 18.2. The molecular weight excluding hydrogens is 220 g/mol. The molecule has 0 radical (unpaired) electrons. The van der Waals surface area contributed by atoms with Crippen LogP contribution in [-0.2, 0) is 17.3 Å². The van der Waals surface area contributed by atoms with Gasteiger partial charge in [0.05, 0.1) is 11.4 Å². The van der Waals surface area contributed by atoms with Gasteiger partial charge in [0.15, 0.2) is 0 Å². The van der Waals surface area contributed by atoms with E-state index in [-0.39, 0.29) is 10.8 Å². The van der Waals surface area contributed by atoms with Crippen LogP contribution in [0.25, 0.3) is 0 Å². The van der Waals surface area contributed by atoms with E-state index in [0.717, 1.165) is 12.2 Å². The molecule has 0 N–H and O–H groups in total. The van der Waals surface area contributed by atoms with Crippen LogP contribution in [0.1, 0.15) is 83.6 Å². The van der Waals surface area contributed by atoms with E-state index in [4.69, 9.17) is 9.97 Å².